The van der Waals surface area contributed by atoms with Crippen molar-refractivity contribution in [2.45, 2.75) is 51.1 Å². The van der Waals surface area contributed by atoms with E-state index in [0.29, 0.717) is 23.3 Å². The quantitative estimate of drug-likeness (QED) is 0.786. The average Bonchev–Trinajstić information content (AvgIpc) is 2.90. The number of rotatable bonds is 5. The van der Waals surface area contributed by atoms with E-state index in [1.165, 1.54) is 38.5 Å². The van der Waals surface area contributed by atoms with Gasteiger partial charge >= 0.3 is 0 Å². The summed E-state index contributed by atoms with van der Waals surface area (Å²) in [7, 11) is 0. The Bertz CT molecular complexity index is 697. The van der Waals surface area contributed by atoms with Gasteiger partial charge in [-0.1, -0.05) is 55.5 Å². The predicted molar refractivity (Wildman–Crippen MR) is 99.8 cm³/mol. The van der Waals surface area contributed by atoms with E-state index in [1.54, 1.807) is 12.1 Å². The number of carbonyl (C=O) groups is 1. The predicted octanol–water partition coefficient (Wildman–Crippen LogP) is 4.19. The molecule has 6 heteroatoms. The minimum atomic E-state index is -0.256. The molecular formula is C19H23ClN4O. The second-order valence-corrected chi connectivity index (χ2v) is 6.82. The van der Waals surface area contributed by atoms with Gasteiger partial charge < -0.3 is 10.6 Å². The third-order valence-corrected chi connectivity index (χ3v) is 4.87. The minimum Gasteiger partial charge on any atom is -0.366 e. The third-order valence-electron chi connectivity index (χ3n) is 4.50. The lowest BCUT2D eigenvalue weighted by molar-refractivity contribution is 0.0945. The van der Waals surface area contributed by atoms with E-state index in [1.807, 2.05) is 24.3 Å². The van der Waals surface area contributed by atoms with Crippen LogP contribution in [0.5, 0.6) is 0 Å². The number of nitrogens with one attached hydrogen (secondary N) is 2. The number of aromatic nitrogens is 2. The van der Waals surface area contributed by atoms with E-state index in [2.05, 4.69) is 20.8 Å². The van der Waals surface area contributed by atoms with E-state index < -0.39 is 0 Å². The summed E-state index contributed by atoms with van der Waals surface area (Å²) in [5, 5.41) is 15.1. The summed E-state index contributed by atoms with van der Waals surface area (Å²) >= 11 is 6.09. The van der Waals surface area contributed by atoms with E-state index >= 15 is 0 Å². The van der Waals surface area contributed by atoms with Crippen molar-refractivity contribution >= 4 is 23.3 Å². The summed E-state index contributed by atoms with van der Waals surface area (Å²) in [5.41, 5.74) is 1.18. The summed E-state index contributed by atoms with van der Waals surface area (Å²) in [6.07, 6.45) is 7.48. The first-order chi connectivity index (χ1) is 12.2. The van der Waals surface area contributed by atoms with Crippen LogP contribution < -0.4 is 10.6 Å². The lowest BCUT2D eigenvalue weighted by Crippen LogP contribution is -2.25. The van der Waals surface area contributed by atoms with Crippen molar-refractivity contribution in [2.75, 3.05) is 5.32 Å². The summed E-state index contributed by atoms with van der Waals surface area (Å²) in [6, 6.07) is 11.4. The van der Waals surface area contributed by atoms with Crippen molar-refractivity contribution in [3.8, 4) is 0 Å². The zero-order valence-electron chi connectivity index (χ0n) is 14.2. The smallest absolute Gasteiger partial charge is 0.272 e. The molecule has 1 aromatic heterocycles. The number of carbonyl (C=O) groups excluding carboxylic acids is 1. The second kappa shape index (κ2) is 8.81. The van der Waals surface area contributed by atoms with E-state index in [9.17, 15) is 4.79 Å². The molecule has 1 aliphatic rings. The number of hydrogen-bond donors (Lipinski definition) is 2. The molecule has 0 radical (unpaired) electrons. The molecule has 0 aliphatic heterocycles. The van der Waals surface area contributed by atoms with Gasteiger partial charge in [0.05, 0.1) is 0 Å². The number of halogens is 1. The Labute approximate surface area is 153 Å². The lowest BCUT2D eigenvalue weighted by atomic mass is 10.1. The first-order valence-electron chi connectivity index (χ1n) is 8.84. The monoisotopic (exact) mass is 358 g/mol. The molecule has 5 nitrogen and oxygen atoms in total. The molecule has 0 unspecified atom stereocenters. The van der Waals surface area contributed by atoms with Crippen LogP contribution in [0.4, 0.5) is 5.82 Å². The molecule has 25 heavy (non-hydrogen) atoms. The Kier molecular flexibility index (Phi) is 6.23. The van der Waals surface area contributed by atoms with Gasteiger partial charge in [-0.05, 0) is 36.6 Å². The summed E-state index contributed by atoms with van der Waals surface area (Å²) in [5.74, 6) is 0.475. The van der Waals surface area contributed by atoms with E-state index in [-0.39, 0.29) is 5.91 Å². The van der Waals surface area contributed by atoms with Crippen molar-refractivity contribution in [1.29, 1.82) is 0 Å². The van der Waals surface area contributed by atoms with E-state index in [4.69, 9.17) is 11.6 Å². The number of anilines is 1. The molecule has 1 saturated carbocycles. The second-order valence-electron chi connectivity index (χ2n) is 6.41. The maximum Gasteiger partial charge on any atom is 0.272 e. The number of hydrogen-bond acceptors (Lipinski definition) is 4. The molecule has 132 valence electrons. The van der Waals surface area contributed by atoms with Crippen molar-refractivity contribution in [3.05, 3.63) is 52.7 Å². The molecule has 1 amide bonds. The van der Waals surface area contributed by atoms with Gasteiger partial charge in [-0.25, -0.2) is 0 Å². The largest absolute Gasteiger partial charge is 0.366 e. The highest BCUT2D eigenvalue weighted by atomic mass is 35.5. The first-order valence-corrected chi connectivity index (χ1v) is 9.22. The normalized spacial score (nSPS) is 15.4. The van der Waals surface area contributed by atoms with Crippen LogP contribution in [-0.4, -0.2) is 22.1 Å². The van der Waals surface area contributed by atoms with E-state index in [0.717, 1.165) is 11.4 Å². The fourth-order valence-corrected chi connectivity index (χ4v) is 3.27. The molecule has 1 aromatic carbocycles. The number of nitrogens with zero attached hydrogens (tertiary/aromatic N) is 2. The molecule has 1 aliphatic carbocycles. The van der Waals surface area contributed by atoms with Crippen LogP contribution in [0.2, 0.25) is 5.02 Å². The summed E-state index contributed by atoms with van der Waals surface area (Å²) in [4.78, 5) is 12.2. The van der Waals surface area contributed by atoms with Gasteiger partial charge in [0, 0.05) is 17.6 Å². The Hall–Kier alpha value is -2.14. The minimum absolute atomic E-state index is 0.256. The first kappa shape index (κ1) is 17.7. The van der Waals surface area contributed by atoms with Crippen LogP contribution in [-0.2, 0) is 6.54 Å². The number of amides is 1. The molecule has 0 spiro atoms. The van der Waals surface area contributed by atoms with Gasteiger partial charge in [0.25, 0.3) is 5.91 Å². The maximum atomic E-state index is 12.2. The van der Waals surface area contributed by atoms with Crippen molar-refractivity contribution in [1.82, 2.24) is 15.5 Å². The molecule has 1 fully saturated rings. The van der Waals surface area contributed by atoms with Gasteiger partial charge in [-0.15, -0.1) is 10.2 Å². The molecule has 0 bridgehead atoms. The molecule has 2 aromatic rings. The Morgan fingerprint density at radius 2 is 1.80 bits per heavy atom. The molecule has 1 heterocycles. The Morgan fingerprint density at radius 3 is 2.48 bits per heavy atom. The number of benzene rings is 1. The fourth-order valence-electron chi connectivity index (χ4n) is 3.07. The highest BCUT2D eigenvalue weighted by molar-refractivity contribution is 6.31. The molecule has 3 rings (SSSR count). The summed E-state index contributed by atoms with van der Waals surface area (Å²) < 4.78 is 0. The van der Waals surface area contributed by atoms with Crippen molar-refractivity contribution < 1.29 is 4.79 Å². The van der Waals surface area contributed by atoms with Gasteiger partial charge in [0.15, 0.2) is 5.69 Å². The lowest BCUT2D eigenvalue weighted by Gasteiger charge is -2.16. The third kappa shape index (κ3) is 5.16. The highest BCUT2D eigenvalue weighted by Crippen LogP contribution is 2.20. The zero-order valence-corrected chi connectivity index (χ0v) is 14.9. The van der Waals surface area contributed by atoms with Crippen molar-refractivity contribution in [2.24, 2.45) is 0 Å². The van der Waals surface area contributed by atoms with Gasteiger partial charge in [0.1, 0.15) is 5.82 Å². The van der Waals surface area contributed by atoms with Gasteiger partial charge in [-0.3, -0.25) is 4.79 Å². The maximum absolute atomic E-state index is 12.2. The molecule has 2 N–H and O–H groups in total. The van der Waals surface area contributed by atoms with Crippen LogP contribution in [0.15, 0.2) is 36.4 Å². The van der Waals surface area contributed by atoms with Crippen molar-refractivity contribution in [3.63, 3.8) is 0 Å². The average molecular weight is 359 g/mol. The summed E-state index contributed by atoms with van der Waals surface area (Å²) in [6.45, 7) is 0.363. The van der Waals surface area contributed by atoms with Crippen LogP contribution in [0.1, 0.15) is 54.6 Å². The fraction of sp³-hybridized carbons (Fsp3) is 0.421. The van der Waals surface area contributed by atoms with Crippen LogP contribution in [0.25, 0.3) is 0 Å². The molecule has 0 atom stereocenters. The zero-order chi connectivity index (χ0) is 17.5. The van der Waals surface area contributed by atoms with Crippen LogP contribution in [0, 0.1) is 0 Å². The Balaban J connectivity index is 1.54. The van der Waals surface area contributed by atoms with Gasteiger partial charge in [-0.2, -0.15) is 0 Å². The molecular weight excluding hydrogens is 336 g/mol. The van der Waals surface area contributed by atoms with Crippen LogP contribution >= 0.6 is 11.6 Å². The van der Waals surface area contributed by atoms with Crippen LogP contribution in [0.3, 0.4) is 0 Å². The molecule has 0 saturated heterocycles. The van der Waals surface area contributed by atoms with Gasteiger partial charge in [0.2, 0.25) is 0 Å². The Morgan fingerprint density at radius 1 is 1.04 bits per heavy atom. The highest BCUT2D eigenvalue weighted by Gasteiger charge is 2.13. The SMILES string of the molecule is O=C(NCc1ccccc1Cl)c1ccc(NC2CCCCCC2)nn1. The topological polar surface area (TPSA) is 66.9 Å². The standard InChI is InChI=1S/C19H23ClN4O/c20-16-10-6-5-7-14(16)13-21-19(25)17-11-12-18(24-23-17)22-15-8-3-1-2-4-9-15/h5-7,10-12,15H,1-4,8-9,13H2,(H,21,25)(H,22,24).